The van der Waals surface area contributed by atoms with E-state index in [-0.39, 0.29) is 28.3 Å². The molecule has 0 atom stereocenters. The van der Waals surface area contributed by atoms with Crippen molar-refractivity contribution in [3.63, 3.8) is 0 Å². The molecular weight excluding hydrogens is 399 g/mol. The highest BCUT2D eigenvalue weighted by Crippen LogP contribution is 2.36. The number of nitrogens with zero attached hydrogens (tertiary/aromatic N) is 1. The van der Waals surface area contributed by atoms with E-state index in [1.165, 1.54) is 12.1 Å². The van der Waals surface area contributed by atoms with E-state index in [4.69, 9.17) is 15.2 Å². The second-order valence-electron chi connectivity index (χ2n) is 7.26. The van der Waals surface area contributed by atoms with E-state index in [0.29, 0.717) is 30.8 Å². The number of hydrogen-bond acceptors (Lipinski definition) is 5. The number of piperidine rings is 1. The third-order valence-corrected chi connectivity index (χ3v) is 6.75. The second kappa shape index (κ2) is 7.55. The molecule has 2 N–H and O–H groups in total. The topological polar surface area (TPSA) is 98.9 Å². The number of hydrogen-bond donors (Lipinski definition) is 1. The Labute approximate surface area is 168 Å². The zero-order valence-corrected chi connectivity index (χ0v) is 16.5. The van der Waals surface area contributed by atoms with Gasteiger partial charge in [-0.05, 0) is 54.2 Å². The lowest BCUT2D eigenvalue weighted by atomic mass is 9.98. The Morgan fingerprint density at radius 3 is 2.55 bits per heavy atom. The molecule has 29 heavy (non-hydrogen) atoms. The van der Waals surface area contributed by atoms with Crippen molar-refractivity contribution >= 4 is 15.9 Å². The largest absolute Gasteiger partial charge is 0.490 e. The minimum atomic E-state index is -3.39. The molecule has 2 amide bonds. The second-order valence-corrected chi connectivity index (χ2v) is 9.17. The van der Waals surface area contributed by atoms with Crippen LogP contribution in [0.3, 0.4) is 0 Å². The quantitative estimate of drug-likeness (QED) is 0.820. The summed E-state index contributed by atoms with van der Waals surface area (Å²) in [5, 5.41) is 0. The van der Waals surface area contributed by atoms with Crippen LogP contribution >= 0.6 is 0 Å². The van der Waals surface area contributed by atoms with Crippen LogP contribution in [0.4, 0.5) is 9.18 Å². The molecule has 0 aromatic heterocycles. The summed E-state index contributed by atoms with van der Waals surface area (Å²) in [6.07, 6.45) is 1.53. The van der Waals surface area contributed by atoms with Crippen LogP contribution in [0.1, 0.15) is 12.8 Å². The van der Waals surface area contributed by atoms with Crippen LogP contribution in [0.2, 0.25) is 0 Å². The third-order valence-electron chi connectivity index (χ3n) is 5.31. The first-order valence-electron chi connectivity index (χ1n) is 9.30. The lowest BCUT2D eigenvalue weighted by Gasteiger charge is -2.30. The SMILES string of the molecule is NC(=O)N1CCC(COc2ccc(-c3ccc4c(c3)OCS4(=O)=O)cc2F)CC1. The third kappa shape index (κ3) is 4.00. The number of carbonyl (C=O) groups excluding carboxylic acids is 1. The summed E-state index contributed by atoms with van der Waals surface area (Å²) in [6.45, 7) is 1.54. The molecule has 2 aromatic rings. The van der Waals surface area contributed by atoms with Crippen molar-refractivity contribution in [1.82, 2.24) is 4.90 Å². The number of carbonyl (C=O) groups is 1. The van der Waals surface area contributed by atoms with Gasteiger partial charge in [0.05, 0.1) is 6.61 Å². The molecule has 2 aromatic carbocycles. The molecule has 0 aliphatic carbocycles. The maximum absolute atomic E-state index is 14.5. The molecule has 0 bridgehead atoms. The van der Waals surface area contributed by atoms with Crippen LogP contribution in [0, 0.1) is 11.7 Å². The van der Waals surface area contributed by atoms with Gasteiger partial charge in [-0.25, -0.2) is 17.6 Å². The number of sulfone groups is 1. The van der Waals surface area contributed by atoms with Crippen molar-refractivity contribution in [3.8, 4) is 22.6 Å². The molecule has 0 radical (unpaired) electrons. The predicted octanol–water partition coefficient (Wildman–Crippen LogP) is 2.79. The number of halogens is 1. The number of urea groups is 1. The van der Waals surface area contributed by atoms with E-state index in [1.54, 1.807) is 29.2 Å². The van der Waals surface area contributed by atoms with Crippen LogP contribution in [0.15, 0.2) is 41.3 Å². The zero-order chi connectivity index (χ0) is 20.6. The summed E-state index contributed by atoms with van der Waals surface area (Å²) in [4.78, 5) is 12.9. The summed E-state index contributed by atoms with van der Waals surface area (Å²) in [5.41, 5.74) is 6.53. The molecule has 0 saturated carbocycles. The fourth-order valence-electron chi connectivity index (χ4n) is 3.59. The fraction of sp³-hybridized carbons (Fsp3) is 0.350. The van der Waals surface area contributed by atoms with Gasteiger partial charge in [0.1, 0.15) is 10.6 Å². The standard InChI is InChI=1S/C20H21FN2O5S/c21-16-9-14(15-2-4-19-18(10-15)28-12-29(19,25)26)1-3-17(16)27-11-13-5-7-23(8-6-13)20(22)24/h1-4,9-10,13H,5-8,11-12H2,(H2,22,24). The van der Waals surface area contributed by atoms with Gasteiger partial charge in [0.25, 0.3) is 0 Å². The Morgan fingerprint density at radius 2 is 1.86 bits per heavy atom. The van der Waals surface area contributed by atoms with Gasteiger partial charge in [-0.15, -0.1) is 0 Å². The van der Waals surface area contributed by atoms with E-state index in [1.807, 2.05) is 0 Å². The summed E-state index contributed by atoms with van der Waals surface area (Å²) in [5.74, 6) is -0.186. The molecule has 7 nitrogen and oxygen atoms in total. The molecule has 0 spiro atoms. The van der Waals surface area contributed by atoms with Crippen LogP contribution in [-0.2, 0) is 9.84 Å². The Morgan fingerprint density at radius 1 is 1.17 bits per heavy atom. The Balaban J connectivity index is 1.42. The molecule has 4 rings (SSSR count). The Hall–Kier alpha value is -2.81. The molecule has 2 aliphatic rings. The van der Waals surface area contributed by atoms with Crippen molar-refractivity contribution in [2.24, 2.45) is 11.7 Å². The first-order chi connectivity index (χ1) is 13.8. The van der Waals surface area contributed by atoms with Gasteiger partial charge >= 0.3 is 6.03 Å². The number of nitrogens with two attached hydrogens (primary N) is 1. The van der Waals surface area contributed by atoms with Gasteiger partial charge in [0, 0.05) is 13.1 Å². The van der Waals surface area contributed by atoms with E-state index in [2.05, 4.69) is 0 Å². The highest BCUT2D eigenvalue weighted by molar-refractivity contribution is 7.91. The van der Waals surface area contributed by atoms with Gasteiger partial charge in [-0.3, -0.25) is 0 Å². The van der Waals surface area contributed by atoms with Crippen LogP contribution in [0.5, 0.6) is 11.5 Å². The Bertz CT molecular complexity index is 1050. The van der Waals surface area contributed by atoms with E-state index < -0.39 is 21.7 Å². The number of ether oxygens (including phenoxy) is 2. The first kappa shape index (κ1) is 19.5. The van der Waals surface area contributed by atoms with E-state index >= 15 is 0 Å². The van der Waals surface area contributed by atoms with Gasteiger partial charge < -0.3 is 20.1 Å². The summed E-state index contributed by atoms with van der Waals surface area (Å²) >= 11 is 0. The van der Waals surface area contributed by atoms with Gasteiger partial charge in [0.2, 0.25) is 9.84 Å². The van der Waals surface area contributed by atoms with Crippen molar-refractivity contribution in [3.05, 3.63) is 42.2 Å². The number of rotatable bonds is 4. The van der Waals surface area contributed by atoms with Crippen molar-refractivity contribution < 1.29 is 27.1 Å². The first-order valence-corrected chi connectivity index (χ1v) is 11.0. The maximum atomic E-state index is 14.5. The highest BCUT2D eigenvalue weighted by atomic mass is 32.2. The van der Waals surface area contributed by atoms with Crippen LogP contribution in [0.25, 0.3) is 11.1 Å². The summed E-state index contributed by atoms with van der Waals surface area (Å²) < 4.78 is 49.1. The molecule has 2 aliphatic heterocycles. The molecule has 1 saturated heterocycles. The lowest BCUT2D eigenvalue weighted by molar-refractivity contribution is 0.148. The summed E-state index contributed by atoms with van der Waals surface area (Å²) in [6, 6.07) is 8.94. The average Bonchev–Trinajstić information content (AvgIpc) is 3.01. The van der Waals surface area contributed by atoms with Crippen molar-refractivity contribution in [2.75, 3.05) is 25.6 Å². The average molecular weight is 420 g/mol. The van der Waals surface area contributed by atoms with Crippen LogP contribution in [-0.4, -0.2) is 45.0 Å². The van der Waals surface area contributed by atoms with E-state index in [9.17, 15) is 17.6 Å². The number of amides is 2. The number of primary amides is 1. The van der Waals surface area contributed by atoms with Gasteiger partial charge in [-0.1, -0.05) is 12.1 Å². The van der Waals surface area contributed by atoms with Crippen LogP contribution < -0.4 is 15.2 Å². The van der Waals surface area contributed by atoms with E-state index in [0.717, 1.165) is 12.8 Å². The minimum absolute atomic E-state index is 0.157. The normalized spacial score (nSPS) is 18.2. The predicted molar refractivity (Wildman–Crippen MR) is 104 cm³/mol. The van der Waals surface area contributed by atoms with Crippen molar-refractivity contribution in [2.45, 2.75) is 17.7 Å². The molecule has 2 heterocycles. The molecular formula is C20H21FN2O5S. The van der Waals surface area contributed by atoms with Crippen molar-refractivity contribution in [1.29, 1.82) is 0 Å². The zero-order valence-electron chi connectivity index (χ0n) is 15.6. The van der Waals surface area contributed by atoms with Gasteiger partial charge in [0.15, 0.2) is 17.5 Å². The smallest absolute Gasteiger partial charge is 0.314 e. The Kier molecular flexibility index (Phi) is 5.08. The molecule has 1 fully saturated rings. The molecule has 154 valence electrons. The fourth-order valence-corrected chi connectivity index (χ4v) is 4.70. The molecule has 0 unspecified atom stereocenters. The monoisotopic (exact) mass is 420 g/mol. The number of benzene rings is 2. The maximum Gasteiger partial charge on any atom is 0.314 e. The molecule has 9 heteroatoms. The highest BCUT2D eigenvalue weighted by Gasteiger charge is 2.28. The number of fused-ring (bicyclic) bond motifs is 1. The van der Waals surface area contributed by atoms with Gasteiger partial charge in [-0.2, -0.15) is 0 Å². The minimum Gasteiger partial charge on any atom is -0.490 e. The summed E-state index contributed by atoms with van der Waals surface area (Å²) in [7, 11) is -3.39. The number of likely N-dealkylation sites (tertiary alicyclic amines) is 1. The lowest BCUT2D eigenvalue weighted by Crippen LogP contribution is -2.42.